The fourth-order valence-electron chi connectivity index (χ4n) is 3.42. The van der Waals surface area contributed by atoms with Crippen molar-refractivity contribution in [1.82, 2.24) is 9.97 Å². The Morgan fingerprint density at radius 3 is 2.58 bits per heavy atom. The van der Waals surface area contributed by atoms with Crippen LogP contribution in [-0.2, 0) is 11.2 Å². The summed E-state index contributed by atoms with van der Waals surface area (Å²) in [6, 6.07) is 13.8. The quantitative estimate of drug-likeness (QED) is 0.435. The lowest BCUT2D eigenvalue weighted by Crippen LogP contribution is -2.16. The Hall–Kier alpha value is -4.07. The van der Waals surface area contributed by atoms with Crippen molar-refractivity contribution in [2.75, 3.05) is 11.1 Å². The molecule has 0 aliphatic carbocycles. The Bertz CT molecular complexity index is 1380. The van der Waals surface area contributed by atoms with Gasteiger partial charge in [0.05, 0.1) is 10.9 Å². The third-order valence-electron chi connectivity index (χ3n) is 4.84. The number of nitrogens with two attached hydrogens (primary N) is 1. The van der Waals surface area contributed by atoms with Crippen molar-refractivity contribution in [3.63, 3.8) is 0 Å². The molecule has 0 aliphatic heterocycles. The molecule has 6 nitrogen and oxygen atoms in total. The van der Waals surface area contributed by atoms with E-state index in [-0.39, 0.29) is 23.8 Å². The van der Waals surface area contributed by atoms with Gasteiger partial charge < -0.3 is 5.73 Å². The zero-order chi connectivity index (χ0) is 22.1. The highest BCUT2D eigenvalue weighted by molar-refractivity contribution is 5.89. The molecule has 1 aromatic heterocycles. The lowest BCUT2D eigenvalue weighted by Gasteiger charge is -2.13. The number of halogens is 2. The van der Waals surface area contributed by atoms with Gasteiger partial charge in [0.15, 0.2) is 0 Å². The minimum atomic E-state index is -0.639. The maximum atomic E-state index is 14.2. The summed E-state index contributed by atoms with van der Waals surface area (Å²) in [5.74, 6) is -1.59. The van der Waals surface area contributed by atoms with Crippen molar-refractivity contribution in [3.8, 4) is 11.1 Å². The molecule has 0 fully saturated rings. The first kappa shape index (κ1) is 20.2. The van der Waals surface area contributed by atoms with E-state index in [1.165, 1.54) is 19.1 Å². The first-order valence-electron chi connectivity index (χ1n) is 9.44. The van der Waals surface area contributed by atoms with Crippen LogP contribution in [0.15, 0.2) is 59.4 Å². The van der Waals surface area contributed by atoms with Crippen LogP contribution >= 0.6 is 0 Å². The molecule has 4 aromatic rings. The second-order valence-corrected chi connectivity index (χ2v) is 7.16. The number of anilines is 2. The number of carbonyl (C=O) groups excluding carboxylic acids is 1. The van der Waals surface area contributed by atoms with Crippen molar-refractivity contribution in [2.45, 2.75) is 13.3 Å². The number of aromatic amines is 1. The highest BCUT2D eigenvalue weighted by atomic mass is 19.1. The van der Waals surface area contributed by atoms with Gasteiger partial charge in [-0.3, -0.25) is 19.9 Å². The number of fused-ring (bicyclic) bond motifs is 1. The minimum Gasteiger partial charge on any atom is -0.399 e. The third-order valence-corrected chi connectivity index (χ3v) is 4.84. The van der Waals surface area contributed by atoms with Crippen molar-refractivity contribution in [1.29, 1.82) is 0 Å². The normalized spacial score (nSPS) is 10.9. The van der Waals surface area contributed by atoms with E-state index in [9.17, 15) is 18.4 Å². The van der Waals surface area contributed by atoms with E-state index in [4.69, 9.17) is 5.73 Å². The average Bonchev–Trinajstić information content (AvgIpc) is 2.70. The maximum absolute atomic E-state index is 14.2. The molecule has 0 aliphatic rings. The summed E-state index contributed by atoms with van der Waals surface area (Å²) in [5, 5.41) is 2.82. The summed E-state index contributed by atoms with van der Waals surface area (Å²) in [7, 11) is 0. The molecule has 1 amide bonds. The molecular formula is C23H18F2N4O2. The molecule has 31 heavy (non-hydrogen) atoms. The van der Waals surface area contributed by atoms with Crippen LogP contribution in [0.3, 0.4) is 0 Å². The van der Waals surface area contributed by atoms with Gasteiger partial charge >= 0.3 is 0 Å². The van der Waals surface area contributed by atoms with Crippen LogP contribution in [0.5, 0.6) is 0 Å². The van der Waals surface area contributed by atoms with E-state index in [2.05, 4.69) is 15.3 Å². The van der Waals surface area contributed by atoms with Gasteiger partial charge in [-0.15, -0.1) is 0 Å². The van der Waals surface area contributed by atoms with Gasteiger partial charge in [-0.1, -0.05) is 18.2 Å². The Kier molecular flexibility index (Phi) is 5.21. The average molecular weight is 420 g/mol. The Labute approximate surface area is 175 Å². The van der Waals surface area contributed by atoms with Gasteiger partial charge in [-0.05, 0) is 52.6 Å². The van der Waals surface area contributed by atoms with Gasteiger partial charge in [0.1, 0.15) is 11.6 Å². The highest BCUT2D eigenvalue weighted by Crippen LogP contribution is 2.30. The van der Waals surface area contributed by atoms with Gasteiger partial charge in [0, 0.05) is 25.1 Å². The Morgan fingerprint density at radius 2 is 1.84 bits per heavy atom. The van der Waals surface area contributed by atoms with Crippen molar-refractivity contribution in [3.05, 3.63) is 87.7 Å². The van der Waals surface area contributed by atoms with Crippen LogP contribution in [0.25, 0.3) is 22.0 Å². The van der Waals surface area contributed by atoms with Gasteiger partial charge in [0.25, 0.3) is 5.56 Å². The summed E-state index contributed by atoms with van der Waals surface area (Å²) < 4.78 is 27.5. The number of aromatic nitrogens is 2. The highest BCUT2D eigenvalue weighted by Gasteiger charge is 2.13. The van der Waals surface area contributed by atoms with Crippen LogP contribution in [0.4, 0.5) is 20.4 Å². The Balaban J connectivity index is 1.82. The number of nitrogens with one attached hydrogen (secondary N) is 2. The van der Waals surface area contributed by atoms with E-state index < -0.39 is 11.6 Å². The lowest BCUT2D eigenvalue weighted by atomic mass is 9.93. The SMILES string of the molecule is CC(=O)Nc1nc2cc(-c3cc(N)ccc3Cc3ccc(F)cc3F)ccc2c(=O)[nH]1. The van der Waals surface area contributed by atoms with E-state index in [1.54, 1.807) is 36.4 Å². The number of carbonyl (C=O) groups is 1. The summed E-state index contributed by atoms with van der Waals surface area (Å²) >= 11 is 0. The fraction of sp³-hybridized carbons (Fsp3) is 0.0870. The molecule has 0 unspecified atom stereocenters. The van der Waals surface area contributed by atoms with E-state index in [0.717, 1.165) is 17.2 Å². The van der Waals surface area contributed by atoms with Crippen LogP contribution in [-0.4, -0.2) is 15.9 Å². The van der Waals surface area contributed by atoms with Gasteiger partial charge in [-0.2, -0.15) is 0 Å². The fourth-order valence-corrected chi connectivity index (χ4v) is 3.42. The molecule has 0 radical (unpaired) electrons. The number of nitrogen functional groups attached to an aromatic ring is 1. The first-order chi connectivity index (χ1) is 14.8. The molecule has 3 aromatic carbocycles. The molecule has 0 spiro atoms. The summed E-state index contributed by atoms with van der Waals surface area (Å²) in [4.78, 5) is 30.4. The number of benzene rings is 3. The number of amides is 1. The second-order valence-electron chi connectivity index (χ2n) is 7.16. The smallest absolute Gasteiger partial charge is 0.260 e. The second kappa shape index (κ2) is 7.98. The standard InChI is InChI=1S/C23H18F2N4O2/c1-12(30)27-23-28-21-9-14(4-7-18(21)22(31)29-23)19-11-17(26)6-3-13(19)8-15-2-5-16(24)10-20(15)25/h2-7,9-11H,8,26H2,1H3,(H2,27,28,29,30,31). The largest absolute Gasteiger partial charge is 0.399 e. The molecule has 1 heterocycles. The predicted octanol–water partition coefficient (Wildman–Crippen LogP) is 4.00. The topological polar surface area (TPSA) is 101 Å². The predicted molar refractivity (Wildman–Crippen MR) is 116 cm³/mol. The lowest BCUT2D eigenvalue weighted by molar-refractivity contribution is -0.114. The zero-order valence-corrected chi connectivity index (χ0v) is 16.5. The third kappa shape index (κ3) is 4.28. The van der Waals surface area contributed by atoms with Crippen molar-refractivity contribution in [2.24, 2.45) is 0 Å². The molecule has 4 N–H and O–H groups in total. The van der Waals surface area contributed by atoms with E-state index in [0.29, 0.717) is 27.7 Å². The number of H-pyrrole nitrogens is 1. The molecule has 4 rings (SSSR count). The molecule has 0 bridgehead atoms. The number of rotatable bonds is 4. The van der Waals surface area contributed by atoms with Crippen LogP contribution in [0, 0.1) is 11.6 Å². The van der Waals surface area contributed by atoms with Crippen LogP contribution in [0.2, 0.25) is 0 Å². The molecule has 0 saturated heterocycles. The maximum Gasteiger partial charge on any atom is 0.260 e. The van der Waals surface area contributed by atoms with Crippen molar-refractivity contribution < 1.29 is 13.6 Å². The zero-order valence-electron chi connectivity index (χ0n) is 16.5. The first-order valence-corrected chi connectivity index (χ1v) is 9.44. The van der Waals surface area contributed by atoms with Crippen molar-refractivity contribution >= 4 is 28.4 Å². The minimum absolute atomic E-state index is 0.0448. The molecule has 0 atom stereocenters. The summed E-state index contributed by atoms with van der Waals surface area (Å²) in [6.45, 7) is 1.31. The molecular weight excluding hydrogens is 402 g/mol. The number of nitrogens with zero attached hydrogens (tertiary/aromatic N) is 1. The Morgan fingerprint density at radius 1 is 1.06 bits per heavy atom. The molecule has 8 heteroatoms. The summed E-state index contributed by atoms with van der Waals surface area (Å²) in [6.07, 6.45) is 0.222. The molecule has 0 saturated carbocycles. The summed E-state index contributed by atoms with van der Waals surface area (Å²) in [5.41, 5.74) is 9.04. The van der Waals surface area contributed by atoms with E-state index in [1.807, 2.05) is 0 Å². The molecule has 156 valence electrons. The number of hydrogen-bond acceptors (Lipinski definition) is 4. The van der Waals surface area contributed by atoms with Crippen LogP contribution in [0.1, 0.15) is 18.1 Å². The number of hydrogen-bond donors (Lipinski definition) is 3. The van der Waals surface area contributed by atoms with Gasteiger partial charge in [-0.25, -0.2) is 13.8 Å². The van der Waals surface area contributed by atoms with Gasteiger partial charge in [0.2, 0.25) is 11.9 Å². The van der Waals surface area contributed by atoms with Crippen LogP contribution < -0.4 is 16.6 Å². The van der Waals surface area contributed by atoms with E-state index >= 15 is 0 Å². The monoisotopic (exact) mass is 420 g/mol.